The molecule has 0 saturated carbocycles. The minimum absolute atomic E-state index is 0.146. The standard InChI is InChI=1S/C23H27FN4O3/c1-12(2)21-15-8-14(4-5-18(15)25-9-16(21)13(3)29)22-17(24)10-26-23(28-22)27-19-6-7-31-11-20(19)30/h4-5,8-10,12-13,19-20,29-30H,6-7,11H2,1-3H3,(H,26,27,28)/t13?,19-,20-/m1/s1. The van der Waals surface area contributed by atoms with Crippen LogP contribution < -0.4 is 5.32 Å². The fourth-order valence-electron chi connectivity index (χ4n) is 4.05. The molecule has 0 spiro atoms. The number of nitrogens with one attached hydrogen (secondary N) is 1. The van der Waals surface area contributed by atoms with Gasteiger partial charge in [-0.25, -0.2) is 14.4 Å². The third kappa shape index (κ3) is 4.37. The fourth-order valence-corrected chi connectivity index (χ4v) is 4.05. The number of rotatable bonds is 5. The summed E-state index contributed by atoms with van der Waals surface area (Å²) in [5.41, 5.74) is 3.28. The monoisotopic (exact) mass is 426 g/mol. The van der Waals surface area contributed by atoms with Crippen LogP contribution >= 0.6 is 0 Å². The summed E-state index contributed by atoms with van der Waals surface area (Å²) in [4.78, 5) is 12.9. The minimum atomic E-state index is -0.676. The first kappa shape index (κ1) is 21.5. The van der Waals surface area contributed by atoms with Gasteiger partial charge < -0.3 is 20.3 Å². The number of ether oxygens (including phenoxy) is 1. The third-order valence-electron chi connectivity index (χ3n) is 5.63. The van der Waals surface area contributed by atoms with Gasteiger partial charge >= 0.3 is 0 Å². The van der Waals surface area contributed by atoms with Gasteiger partial charge in [0.05, 0.1) is 36.6 Å². The topological polar surface area (TPSA) is 100 Å². The highest BCUT2D eigenvalue weighted by Gasteiger charge is 2.25. The van der Waals surface area contributed by atoms with Crippen LogP contribution in [0.2, 0.25) is 0 Å². The molecule has 164 valence electrons. The van der Waals surface area contributed by atoms with E-state index in [0.717, 1.165) is 28.2 Å². The largest absolute Gasteiger partial charge is 0.389 e. The minimum Gasteiger partial charge on any atom is -0.389 e. The molecule has 3 heterocycles. The number of nitrogens with zero attached hydrogens (tertiary/aromatic N) is 3. The maximum Gasteiger partial charge on any atom is 0.223 e. The van der Waals surface area contributed by atoms with Crippen LogP contribution in [0.1, 0.15) is 50.3 Å². The molecule has 31 heavy (non-hydrogen) atoms. The Kier molecular flexibility index (Phi) is 6.13. The summed E-state index contributed by atoms with van der Waals surface area (Å²) in [5, 5.41) is 24.3. The van der Waals surface area contributed by atoms with Crippen molar-refractivity contribution in [3.63, 3.8) is 0 Å². The molecule has 4 rings (SSSR count). The molecule has 8 heteroatoms. The van der Waals surface area contributed by atoms with Gasteiger partial charge in [0, 0.05) is 29.3 Å². The lowest BCUT2D eigenvalue weighted by atomic mass is 9.91. The number of anilines is 1. The molecule has 0 bridgehead atoms. The fraction of sp³-hybridized carbons (Fsp3) is 0.435. The van der Waals surface area contributed by atoms with E-state index in [4.69, 9.17) is 4.74 Å². The number of halogens is 1. The number of pyridine rings is 1. The molecule has 1 unspecified atom stereocenters. The summed E-state index contributed by atoms with van der Waals surface area (Å²) in [6.07, 6.45) is 2.11. The average molecular weight is 426 g/mol. The number of aromatic nitrogens is 3. The molecule has 3 atom stereocenters. The molecular formula is C23H27FN4O3. The van der Waals surface area contributed by atoms with Gasteiger partial charge in [0.1, 0.15) is 5.69 Å². The Bertz CT molecular complexity index is 1090. The maximum atomic E-state index is 14.7. The lowest BCUT2D eigenvalue weighted by molar-refractivity contribution is -0.0136. The van der Waals surface area contributed by atoms with Crippen molar-refractivity contribution >= 4 is 16.9 Å². The molecule has 3 aromatic rings. The Morgan fingerprint density at radius 3 is 2.71 bits per heavy atom. The van der Waals surface area contributed by atoms with Gasteiger partial charge in [-0.05, 0) is 37.0 Å². The zero-order valence-corrected chi connectivity index (χ0v) is 17.8. The van der Waals surface area contributed by atoms with Gasteiger partial charge in [-0.3, -0.25) is 4.98 Å². The van der Waals surface area contributed by atoms with E-state index in [9.17, 15) is 14.6 Å². The first-order chi connectivity index (χ1) is 14.8. The smallest absolute Gasteiger partial charge is 0.223 e. The molecule has 1 aromatic carbocycles. The zero-order chi connectivity index (χ0) is 22.1. The van der Waals surface area contributed by atoms with Crippen molar-refractivity contribution < 1.29 is 19.3 Å². The second-order valence-corrected chi connectivity index (χ2v) is 8.26. The van der Waals surface area contributed by atoms with E-state index >= 15 is 0 Å². The highest BCUT2D eigenvalue weighted by Crippen LogP contribution is 2.34. The van der Waals surface area contributed by atoms with E-state index < -0.39 is 18.0 Å². The Balaban J connectivity index is 1.76. The van der Waals surface area contributed by atoms with Gasteiger partial charge in [0.2, 0.25) is 5.95 Å². The van der Waals surface area contributed by atoms with Gasteiger partial charge in [-0.1, -0.05) is 19.9 Å². The SMILES string of the molecule is CC(C)c1c(C(C)O)cnc2ccc(-c3nc(N[C@@H]4CCOC[C@H]4O)ncc3F)cc12. The number of aliphatic hydroxyl groups is 2. The molecule has 1 aliphatic rings. The van der Waals surface area contributed by atoms with Gasteiger partial charge in [-0.15, -0.1) is 0 Å². The molecule has 0 radical (unpaired) electrons. The molecule has 2 aromatic heterocycles. The summed E-state index contributed by atoms with van der Waals surface area (Å²) in [6, 6.07) is 5.22. The van der Waals surface area contributed by atoms with Crippen LogP contribution in [0.4, 0.5) is 10.3 Å². The Morgan fingerprint density at radius 2 is 2.00 bits per heavy atom. The van der Waals surface area contributed by atoms with Crippen LogP contribution in [-0.4, -0.2) is 50.5 Å². The molecule has 0 aliphatic carbocycles. The van der Waals surface area contributed by atoms with Crippen LogP contribution in [0.15, 0.2) is 30.6 Å². The zero-order valence-electron chi connectivity index (χ0n) is 17.8. The third-order valence-corrected chi connectivity index (χ3v) is 5.63. The average Bonchev–Trinajstić information content (AvgIpc) is 2.75. The second kappa shape index (κ2) is 8.82. The van der Waals surface area contributed by atoms with Crippen LogP contribution in [0.25, 0.3) is 22.2 Å². The van der Waals surface area contributed by atoms with Crippen LogP contribution in [0.5, 0.6) is 0 Å². The second-order valence-electron chi connectivity index (χ2n) is 8.26. The van der Waals surface area contributed by atoms with E-state index in [0.29, 0.717) is 18.6 Å². The lowest BCUT2D eigenvalue weighted by Crippen LogP contribution is -2.42. The van der Waals surface area contributed by atoms with E-state index in [2.05, 4.69) is 34.1 Å². The number of hydrogen-bond donors (Lipinski definition) is 3. The van der Waals surface area contributed by atoms with Crippen molar-refractivity contribution in [1.29, 1.82) is 0 Å². The van der Waals surface area contributed by atoms with Crippen molar-refractivity contribution in [1.82, 2.24) is 15.0 Å². The highest BCUT2D eigenvalue weighted by molar-refractivity contribution is 5.88. The molecular weight excluding hydrogens is 399 g/mol. The van der Waals surface area contributed by atoms with Crippen molar-refractivity contribution in [2.45, 2.75) is 51.4 Å². The maximum absolute atomic E-state index is 14.7. The number of fused-ring (bicyclic) bond motifs is 1. The van der Waals surface area contributed by atoms with E-state index in [1.54, 1.807) is 19.2 Å². The summed E-state index contributed by atoms with van der Waals surface area (Å²) in [6.45, 7) is 6.60. The lowest BCUT2D eigenvalue weighted by Gasteiger charge is -2.28. The van der Waals surface area contributed by atoms with E-state index in [-0.39, 0.29) is 30.2 Å². The molecule has 7 nitrogen and oxygen atoms in total. The summed E-state index contributed by atoms with van der Waals surface area (Å²) >= 11 is 0. The van der Waals surface area contributed by atoms with Crippen LogP contribution in [0, 0.1) is 5.82 Å². The molecule has 1 fully saturated rings. The molecule has 1 saturated heterocycles. The molecule has 3 N–H and O–H groups in total. The number of aliphatic hydroxyl groups excluding tert-OH is 2. The Hall–Kier alpha value is -2.68. The van der Waals surface area contributed by atoms with E-state index in [1.165, 1.54) is 0 Å². The predicted octanol–water partition coefficient (Wildman–Crippen LogP) is 3.57. The highest BCUT2D eigenvalue weighted by atomic mass is 19.1. The van der Waals surface area contributed by atoms with Crippen molar-refractivity contribution in [2.24, 2.45) is 0 Å². The summed E-state index contributed by atoms with van der Waals surface area (Å²) in [5.74, 6) is -0.140. The Morgan fingerprint density at radius 1 is 1.19 bits per heavy atom. The summed E-state index contributed by atoms with van der Waals surface area (Å²) in [7, 11) is 0. The normalized spacial score (nSPS) is 20.2. The van der Waals surface area contributed by atoms with Crippen molar-refractivity contribution in [2.75, 3.05) is 18.5 Å². The first-order valence-electron chi connectivity index (χ1n) is 10.5. The van der Waals surface area contributed by atoms with Crippen molar-refractivity contribution in [3.8, 4) is 11.3 Å². The van der Waals surface area contributed by atoms with Crippen LogP contribution in [-0.2, 0) is 4.74 Å². The van der Waals surface area contributed by atoms with Crippen molar-refractivity contribution in [3.05, 3.63) is 47.5 Å². The van der Waals surface area contributed by atoms with Gasteiger partial charge in [0.25, 0.3) is 0 Å². The predicted molar refractivity (Wildman–Crippen MR) is 116 cm³/mol. The molecule has 1 aliphatic heterocycles. The molecule has 0 amide bonds. The number of benzene rings is 1. The van der Waals surface area contributed by atoms with E-state index in [1.807, 2.05) is 12.1 Å². The van der Waals surface area contributed by atoms with Gasteiger partial charge in [-0.2, -0.15) is 0 Å². The summed E-state index contributed by atoms with van der Waals surface area (Å²) < 4.78 is 19.9. The van der Waals surface area contributed by atoms with Crippen LogP contribution in [0.3, 0.4) is 0 Å². The first-order valence-corrected chi connectivity index (χ1v) is 10.5. The van der Waals surface area contributed by atoms with Gasteiger partial charge in [0.15, 0.2) is 5.82 Å². The number of hydrogen-bond acceptors (Lipinski definition) is 7. The Labute approximate surface area is 180 Å². The quantitative estimate of drug-likeness (QED) is 0.573.